The molecule has 0 radical (unpaired) electrons. The summed E-state index contributed by atoms with van der Waals surface area (Å²) < 4.78 is 7.97. The first-order valence-electron chi connectivity index (χ1n) is 6.05. The minimum Gasteiger partial charge on any atom is -0.433 e. The summed E-state index contributed by atoms with van der Waals surface area (Å²) in [5.41, 5.74) is -0.216. The van der Waals surface area contributed by atoms with Crippen molar-refractivity contribution in [2.24, 2.45) is 5.92 Å². The fourth-order valence-corrected chi connectivity index (χ4v) is 2.03. The fraction of sp³-hybridized carbons (Fsp3) is 0.286. The van der Waals surface area contributed by atoms with Crippen LogP contribution in [0.15, 0.2) is 45.9 Å². The van der Waals surface area contributed by atoms with Gasteiger partial charge < -0.3 is 9.30 Å². The Morgan fingerprint density at radius 3 is 2.79 bits per heavy atom. The number of rotatable bonds is 4. The predicted molar refractivity (Wildman–Crippen MR) is 77.6 cm³/mol. The van der Waals surface area contributed by atoms with Crippen molar-refractivity contribution >= 4 is 15.9 Å². The molecule has 0 aliphatic heterocycles. The lowest BCUT2D eigenvalue weighted by Crippen LogP contribution is -2.23. The number of ether oxygens (including phenoxy) is 1. The van der Waals surface area contributed by atoms with Crippen LogP contribution in [-0.4, -0.2) is 9.55 Å². The van der Waals surface area contributed by atoms with Crippen molar-refractivity contribution in [1.82, 2.24) is 9.55 Å². The molecule has 0 bridgehead atoms. The van der Waals surface area contributed by atoms with Gasteiger partial charge in [0.25, 0.3) is 5.88 Å². The number of hydrogen-bond donors (Lipinski definition) is 0. The summed E-state index contributed by atoms with van der Waals surface area (Å²) in [5.74, 6) is 1.06. The minimum atomic E-state index is -0.216. The summed E-state index contributed by atoms with van der Waals surface area (Å²) in [5, 5.41) is 0. The van der Waals surface area contributed by atoms with E-state index in [2.05, 4.69) is 34.8 Å². The summed E-state index contributed by atoms with van der Waals surface area (Å²) in [7, 11) is 0. The van der Waals surface area contributed by atoms with E-state index in [1.54, 1.807) is 23.0 Å². The van der Waals surface area contributed by atoms with Gasteiger partial charge in [-0.2, -0.15) is 0 Å². The maximum atomic E-state index is 12.2. The third-order valence-electron chi connectivity index (χ3n) is 2.49. The summed E-state index contributed by atoms with van der Waals surface area (Å²) in [4.78, 5) is 16.2. The lowest BCUT2D eigenvalue weighted by atomic mass is 10.2. The average Bonchev–Trinajstić information content (AvgIpc) is 2.36. The van der Waals surface area contributed by atoms with E-state index in [0.717, 1.165) is 4.47 Å². The van der Waals surface area contributed by atoms with Crippen molar-refractivity contribution in [3.63, 3.8) is 0 Å². The first-order valence-corrected chi connectivity index (χ1v) is 6.85. The third-order valence-corrected chi connectivity index (χ3v) is 3.14. The van der Waals surface area contributed by atoms with Gasteiger partial charge in [-0.3, -0.25) is 4.79 Å². The van der Waals surface area contributed by atoms with Crippen molar-refractivity contribution in [2.75, 3.05) is 0 Å². The van der Waals surface area contributed by atoms with Crippen LogP contribution < -0.4 is 10.3 Å². The summed E-state index contributed by atoms with van der Waals surface area (Å²) in [6, 6.07) is 7.36. The van der Waals surface area contributed by atoms with E-state index in [-0.39, 0.29) is 11.4 Å². The van der Waals surface area contributed by atoms with Gasteiger partial charge in [-0.15, -0.1) is 0 Å². The summed E-state index contributed by atoms with van der Waals surface area (Å²) in [6.07, 6.45) is 3.26. The molecule has 0 amide bonds. The van der Waals surface area contributed by atoms with Gasteiger partial charge in [0.05, 0.1) is 4.47 Å². The van der Waals surface area contributed by atoms with E-state index in [4.69, 9.17) is 4.74 Å². The molecular weight excluding hydrogens is 308 g/mol. The van der Waals surface area contributed by atoms with Crippen molar-refractivity contribution in [1.29, 1.82) is 0 Å². The highest BCUT2D eigenvalue weighted by Crippen LogP contribution is 2.26. The van der Waals surface area contributed by atoms with Gasteiger partial charge in [0, 0.05) is 18.9 Å². The molecule has 0 saturated carbocycles. The van der Waals surface area contributed by atoms with E-state index in [0.29, 0.717) is 18.2 Å². The zero-order valence-electron chi connectivity index (χ0n) is 10.8. The molecule has 0 aliphatic rings. The number of aromatic nitrogens is 2. The third kappa shape index (κ3) is 3.44. The molecule has 0 atom stereocenters. The van der Waals surface area contributed by atoms with Crippen LogP contribution in [0.1, 0.15) is 13.8 Å². The predicted octanol–water partition coefficient (Wildman–Crippen LogP) is 3.45. The van der Waals surface area contributed by atoms with Crippen LogP contribution >= 0.6 is 15.9 Å². The fourth-order valence-electron chi connectivity index (χ4n) is 1.67. The zero-order chi connectivity index (χ0) is 13.8. The lowest BCUT2D eigenvalue weighted by molar-refractivity contribution is 0.430. The number of nitrogens with zero attached hydrogens (tertiary/aromatic N) is 2. The molecule has 2 aromatic rings. The zero-order valence-corrected chi connectivity index (χ0v) is 12.4. The largest absolute Gasteiger partial charge is 0.433 e. The topological polar surface area (TPSA) is 44.1 Å². The molecule has 0 unspecified atom stereocenters. The Kier molecular flexibility index (Phi) is 4.37. The molecule has 0 aliphatic carbocycles. The van der Waals surface area contributed by atoms with Crippen molar-refractivity contribution in [2.45, 2.75) is 20.4 Å². The first kappa shape index (κ1) is 13.8. The Balaban J connectivity index is 2.31. The summed E-state index contributed by atoms with van der Waals surface area (Å²) in [6.45, 7) is 4.76. The Labute approximate surface area is 120 Å². The Morgan fingerprint density at radius 2 is 2.11 bits per heavy atom. The number of benzene rings is 1. The van der Waals surface area contributed by atoms with Gasteiger partial charge in [-0.25, -0.2) is 4.98 Å². The second-order valence-electron chi connectivity index (χ2n) is 4.62. The summed E-state index contributed by atoms with van der Waals surface area (Å²) >= 11 is 3.38. The van der Waals surface area contributed by atoms with Gasteiger partial charge in [-0.1, -0.05) is 26.0 Å². The number of hydrogen-bond acceptors (Lipinski definition) is 3. The van der Waals surface area contributed by atoms with Crippen molar-refractivity contribution in [3.05, 3.63) is 51.5 Å². The van der Waals surface area contributed by atoms with Crippen molar-refractivity contribution in [3.8, 4) is 11.6 Å². The lowest BCUT2D eigenvalue weighted by Gasteiger charge is -2.10. The highest BCUT2D eigenvalue weighted by molar-refractivity contribution is 9.10. The quantitative estimate of drug-likeness (QED) is 0.865. The Hall–Kier alpha value is -1.62. The molecule has 4 nitrogen and oxygen atoms in total. The maximum Gasteiger partial charge on any atom is 0.313 e. The van der Waals surface area contributed by atoms with Crippen LogP contribution in [-0.2, 0) is 6.54 Å². The van der Waals surface area contributed by atoms with Crippen LogP contribution in [0.3, 0.4) is 0 Å². The molecule has 0 saturated heterocycles. The molecule has 0 spiro atoms. The number of halogens is 1. The molecule has 0 fully saturated rings. The minimum absolute atomic E-state index is 0.0926. The Bertz CT molecular complexity index is 623. The molecule has 1 aromatic heterocycles. The molecule has 19 heavy (non-hydrogen) atoms. The SMILES string of the molecule is CC(C)Cn1ccnc(Oc2ccccc2Br)c1=O. The Morgan fingerprint density at radius 1 is 1.37 bits per heavy atom. The van der Waals surface area contributed by atoms with Crippen LogP contribution in [0.5, 0.6) is 11.6 Å². The van der Waals surface area contributed by atoms with E-state index in [1.807, 2.05) is 18.2 Å². The highest BCUT2D eigenvalue weighted by Gasteiger charge is 2.09. The van der Waals surface area contributed by atoms with Crippen LogP contribution in [0.4, 0.5) is 0 Å². The monoisotopic (exact) mass is 322 g/mol. The maximum absolute atomic E-state index is 12.2. The highest BCUT2D eigenvalue weighted by atomic mass is 79.9. The van der Waals surface area contributed by atoms with Crippen molar-refractivity contribution < 1.29 is 4.74 Å². The van der Waals surface area contributed by atoms with Gasteiger partial charge in [-0.05, 0) is 34.0 Å². The van der Waals surface area contributed by atoms with E-state index < -0.39 is 0 Å². The molecule has 1 heterocycles. The molecule has 100 valence electrons. The van der Waals surface area contributed by atoms with E-state index in [1.165, 1.54) is 0 Å². The van der Waals surface area contributed by atoms with Gasteiger partial charge in [0.2, 0.25) is 0 Å². The van der Waals surface area contributed by atoms with Gasteiger partial charge in [0.15, 0.2) is 0 Å². The smallest absolute Gasteiger partial charge is 0.313 e. The van der Waals surface area contributed by atoms with E-state index in [9.17, 15) is 4.79 Å². The average molecular weight is 323 g/mol. The first-order chi connectivity index (χ1) is 9.08. The second-order valence-corrected chi connectivity index (χ2v) is 5.47. The van der Waals surface area contributed by atoms with Crippen LogP contribution in [0.25, 0.3) is 0 Å². The normalized spacial score (nSPS) is 10.7. The number of para-hydroxylation sites is 1. The molecular formula is C14H15BrN2O2. The van der Waals surface area contributed by atoms with Crippen LogP contribution in [0, 0.1) is 5.92 Å². The molecule has 0 N–H and O–H groups in total. The van der Waals surface area contributed by atoms with Gasteiger partial charge >= 0.3 is 5.56 Å². The second kappa shape index (κ2) is 6.02. The van der Waals surface area contributed by atoms with Crippen LogP contribution in [0.2, 0.25) is 0 Å². The standard InChI is InChI=1S/C14H15BrN2O2/c1-10(2)9-17-8-7-16-13(14(17)18)19-12-6-4-3-5-11(12)15/h3-8,10H,9H2,1-2H3. The van der Waals surface area contributed by atoms with Gasteiger partial charge in [0.1, 0.15) is 5.75 Å². The molecule has 1 aromatic carbocycles. The molecule has 5 heteroatoms. The van der Waals surface area contributed by atoms with E-state index >= 15 is 0 Å². The molecule has 2 rings (SSSR count).